The number of imidazole rings is 1. The fourth-order valence-electron chi connectivity index (χ4n) is 4.51. The van der Waals surface area contributed by atoms with Crippen molar-refractivity contribution in [1.82, 2.24) is 19.3 Å². The van der Waals surface area contributed by atoms with Crippen molar-refractivity contribution in [2.45, 2.75) is 38.6 Å². The van der Waals surface area contributed by atoms with Crippen LogP contribution < -0.4 is 10.1 Å². The molecule has 0 bridgehead atoms. The predicted molar refractivity (Wildman–Crippen MR) is 126 cm³/mol. The summed E-state index contributed by atoms with van der Waals surface area (Å²) in [5.41, 5.74) is 4.69. The van der Waals surface area contributed by atoms with Gasteiger partial charge in [0.15, 0.2) is 5.75 Å². The summed E-state index contributed by atoms with van der Waals surface area (Å²) >= 11 is 0. The molecule has 2 aromatic carbocycles. The highest BCUT2D eigenvalue weighted by Gasteiger charge is 2.27. The monoisotopic (exact) mass is 457 g/mol. The van der Waals surface area contributed by atoms with Crippen LogP contribution in [0.4, 0.5) is 10.1 Å². The smallest absolute Gasteiger partial charge is 0.258 e. The predicted octanol–water partition coefficient (Wildman–Crippen LogP) is 5.27. The van der Waals surface area contributed by atoms with E-state index in [-0.39, 0.29) is 11.6 Å². The summed E-state index contributed by atoms with van der Waals surface area (Å²) in [6.45, 7) is 4.25. The van der Waals surface area contributed by atoms with Crippen molar-refractivity contribution in [3.05, 3.63) is 77.8 Å². The van der Waals surface area contributed by atoms with Crippen LogP contribution in [0.1, 0.15) is 53.3 Å². The maximum absolute atomic E-state index is 14.9. The van der Waals surface area contributed by atoms with Crippen LogP contribution in [-0.4, -0.2) is 31.8 Å². The van der Waals surface area contributed by atoms with Crippen molar-refractivity contribution in [2.24, 2.45) is 0 Å². The van der Waals surface area contributed by atoms with E-state index >= 15 is 0 Å². The number of hydrogen-bond donors (Lipinski definition) is 1. The Kier molecular flexibility index (Phi) is 4.76. The lowest BCUT2D eigenvalue weighted by Crippen LogP contribution is -2.16. The number of aromatic nitrogens is 4. The van der Waals surface area contributed by atoms with Gasteiger partial charge in [0, 0.05) is 23.9 Å². The molecule has 0 saturated heterocycles. The molecule has 3 heterocycles. The van der Waals surface area contributed by atoms with Crippen LogP contribution in [0, 0.1) is 12.7 Å². The van der Waals surface area contributed by atoms with Gasteiger partial charge in [-0.2, -0.15) is 5.10 Å². The molecule has 6 rings (SSSR count). The maximum Gasteiger partial charge on any atom is 0.258 e. The number of amides is 1. The molecule has 0 radical (unpaired) electrons. The molecule has 8 heteroatoms. The summed E-state index contributed by atoms with van der Waals surface area (Å²) in [7, 11) is 0. The van der Waals surface area contributed by atoms with Gasteiger partial charge in [0.05, 0.1) is 40.7 Å². The molecule has 1 aliphatic carbocycles. The lowest BCUT2D eigenvalue weighted by atomic mass is 10.1. The van der Waals surface area contributed by atoms with Gasteiger partial charge in [0.25, 0.3) is 5.91 Å². The van der Waals surface area contributed by atoms with E-state index in [9.17, 15) is 9.18 Å². The number of carbonyl (C=O) groups excluding carboxylic acids is 1. The number of nitrogens with one attached hydrogen (secondary N) is 1. The van der Waals surface area contributed by atoms with Gasteiger partial charge in [-0.25, -0.2) is 9.37 Å². The average Bonchev–Trinajstić information content (AvgIpc) is 3.38. The highest BCUT2D eigenvalue weighted by atomic mass is 19.1. The van der Waals surface area contributed by atoms with Gasteiger partial charge in [-0.1, -0.05) is 6.07 Å². The van der Waals surface area contributed by atoms with Gasteiger partial charge in [-0.15, -0.1) is 0 Å². The summed E-state index contributed by atoms with van der Waals surface area (Å²) < 4.78 is 24.8. The summed E-state index contributed by atoms with van der Waals surface area (Å²) in [5.74, 6) is -0.0458. The number of fused-ring (bicyclic) bond motifs is 3. The van der Waals surface area contributed by atoms with Crippen LogP contribution in [0.15, 0.2) is 55.1 Å². The van der Waals surface area contributed by atoms with E-state index < -0.39 is 11.7 Å². The third-order valence-corrected chi connectivity index (χ3v) is 6.50. The number of anilines is 1. The zero-order chi connectivity index (χ0) is 23.4. The molecule has 1 atom stereocenters. The molecule has 2 aliphatic rings. The maximum atomic E-state index is 14.9. The van der Waals surface area contributed by atoms with E-state index in [0.29, 0.717) is 24.0 Å². The zero-order valence-electron chi connectivity index (χ0n) is 19.0. The molecule has 4 aromatic rings. The second-order valence-corrected chi connectivity index (χ2v) is 9.06. The molecule has 1 fully saturated rings. The number of para-hydroxylation sites is 1. The first-order valence-electron chi connectivity index (χ1n) is 11.4. The Bertz CT molecular complexity index is 1420. The summed E-state index contributed by atoms with van der Waals surface area (Å²) in [6.07, 6.45) is 7.74. The Morgan fingerprint density at radius 3 is 2.91 bits per heavy atom. The van der Waals surface area contributed by atoms with E-state index in [0.717, 1.165) is 41.0 Å². The quantitative estimate of drug-likeness (QED) is 0.453. The first-order valence-corrected chi connectivity index (χ1v) is 11.4. The SMILES string of the molecule is Cc1cc(F)c(C(=O)Nc2cccc3c2OCC(C)n2nccc2-3)cc1-n1cnc(C2CC2)c1. The van der Waals surface area contributed by atoms with E-state index in [2.05, 4.69) is 15.4 Å². The average molecular weight is 458 g/mol. The summed E-state index contributed by atoms with van der Waals surface area (Å²) in [6, 6.07) is 10.5. The van der Waals surface area contributed by atoms with Gasteiger partial charge < -0.3 is 14.6 Å². The van der Waals surface area contributed by atoms with Crippen molar-refractivity contribution >= 4 is 11.6 Å². The molecule has 1 amide bonds. The molecular formula is C26H24FN5O2. The van der Waals surface area contributed by atoms with Crippen LogP contribution in [-0.2, 0) is 0 Å². The molecule has 7 nitrogen and oxygen atoms in total. The Hall–Kier alpha value is -3.94. The van der Waals surface area contributed by atoms with E-state index in [1.165, 1.54) is 6.07 Å². The Morgan fingerprint density at radius 2 is 2.09 bits per heavy atom. The number of rotatable bonds is 4. The third kappa shape index (κ3) is 3.46. The lowest BCUT2D eigenvalue weighted by Gasteiger charge is -2.15. The number of ether oxygens (including phenoxy) is 1. The molecule has 2 aromatic heterocycles. The number of halogens is 1. The molecule has 34 heavy (non-hydrogen) atoms. The van der Waals surface area contributed by atoms with Crippen LogP contribution >= 0.6 is 0 Å². The van der Waals surface area contributed by atoms with E-state index in [1.54, 1.807) is 24.7 Å². The minimum Gasteiger partial charge on any atom is -0.488 e. The minimum absolute atomic E-state index is 0.0353. The number of hydrogen-bond acceptors (Lipinski definition) is 4. The highest BCUT2D eigenvalue weighted by Crippen LogP contribution is 2.41. The molecule has 1 N–H and O–H groups in total. The number of aryl methyl sites for hydroxylation is 1. The third-order valence-electron chi connectivity index (χ3n) is 6.50. The Morgan fingerprint density at radius 1 is 1.24 bits per heavy atom. The van der Waals surface area contributed by atoms with Gasteiger partial charge >= 0.3 is 0 Å². The van der Waals surface area contributed by atoms with Crippen molar-refractivity contribution in [3.63, 3.8) is 0 Å². The largest absolute Gasteiger partial charge is 0.488 e. The molecule has 1 saturated carbocycles. The molecule has 0 spiro atoms. The van der Waals surface area contributed by atoms with Crippen LogP contribution in [0.2, 0.25) is 0 Å². The fraction of sp³-hybridized carbons (Fsp3) is 0.269. The van der Waals surface area contributed by atoms with Gasteiger partial charge in [0.2, 0.25) is 0 Å². The highest BCUT2D eigenvalue weighted by molar-refractivity contribution is 6.06. The standard InChI is InChI=1S/C26H24FN5O2/c1-15-10-20(27)19(11-24(15)31-12-22(28-14-31)17-6-7-17)26(33)30-21-5-3-4-18-23-8-9-29-32(23)16(2)13-34-25(18)21/h3-5,8-12,14,16-17H,6-7,13H2,1-2H3,(H,30,33). The minimum atomic E-state index is -0.573. The van der Waals surface area contributed by atoms with E-state index in [4.69, 9.17) is 4.74 Å². The first-order chi connectivity index (χ1) is 16.5. The Balaban J connectivity index is 1.34. The first kappa shape index (κ1) is 20.7. The zero-order valence-corrected chi connectivity index (χ0v) is 19.0. The number of carbonyl (C=O) groups is 1. The molecule has 1 unspecified atom stereocenters. The number of benzene rings is 2. The van der Waals surface area contributed by atoms with Crippen molar-refractivity contribution in [3.8, 4) is 22.7 Å². The molecule has 172 valence electrons. The van der Waals surface area contributed by atoms with Crippen molar-refractivity contribution in [2.75, 3.05) is 11.9 Å². The molecular weight excluding hydrogens is 433 g/mol. The Labute approximate surface area is 196 Å². The summed E-state index contributed by atoms with van der Waals surface area (Å²) in [4.78, 5) is 17.7. The summed E-state index contributed by atoms with van der Waals surface area (Å²) in [5, 5.41) is 7.27. The van der Waals surface area contributed by atoms with Gasteiger partial charge in [-0.3, -0.25) is 9.48 Å². The second kappa shape index (κ2) is 7.83. The van der Waals surface area contributed by atoms with Gasteiger partial charge in [-0.05, 0) is 62.6 Å². The van der Waals surface area contributed by atoms with Crippen LogP contribution in [0.5, 0.6) is 5.75 Å². The van der Waals surface area contributed by atoms with Crippen molar-refractivity contribution in [1.29, 1.82) is 0 Å². The van der Waals surface area contributed by atoms with Gasteiger partial charge in [0.1, 0.15) is 12.4 Å². The second-order valence-electron chi connectivity index (χ2n) is 9.06. The van der Waals surface area contributed by atoms with Crippen LogP contribution in [0.25, 0.3) is 16.9 Å². The molecule has 1 aliphatic heterocycles. The van der Waals surface area contributed by atoms with E-state index in [1.807, 2.05) is 47.5 Å². The topological polar surface area (TPSA) is 74.0 Å². The number of nitrogens with zero attached hydrogens (tertiary/aromatic N) is 4. The fourth-order valence-corrected chi connectivity index (χ4v) is 4.51. The normalized spacial score (nSPS) is 16.9. The van der Waals surface area contributed by atoms with Crippen LogP contribution in [0.3, 0.4) is 0 Å². The lowest BCUT2D eigenvalue weighted by molar-refractivity contribution is 0.102. The van der Waals surface area contributed by atoms with Crippen molar-refractivity contribution < 1.29 is 13.9 Å².